The number of likely N-dealkylation sites (tertiary alicyclic amines) is 1. The van der Waals surface area contributed by atoms with Crippen molar-refractivity contribution in [3.8, 4) is 0 Å². The van der Waals surface area contributed by atoms with E-state index in [0.29, 0.717) is 0 Å². The molecule has 2 rings (SSSR count). The lowest BCUT2D eigenvalue weighted by atomic mass is 10.0. The Labute approximate surface area is 109 Å². The highest BCUT2D eigenvalue weighted by atomic mass is 19.1. The van der Waals surface area contributed by atoms with Gasteiger partial charge in [0.2, 0.25) is 0 Å². The van der Waals surface area contributed by atoms with E-state index >= 15 is 0 Å². The van der Waals surface area contributed by atoms with Gasteiger partial charge in [-0.25, -0.2) is 4.39 Å². The van der Waals surface area contributed by atoms with Gasteiger partial charge in [-0.05, 0) is 56.6 Å². The fourth-order valence-electron chi connectivity index (χ4n) is 2.74. The molecule has 0 bridgehead atoms. The fourth-order valence-corrected chi connectivity index (χ4v) is 2.74. The summed E-state index contributed by atoms with van der Waals surface area (Å²) in [7, 11) is 1.95. The van der Waals surface area contributed by atoms with Crippen LogP contribution >= 0.6 is 0 Å². The Morgan fingerprint density at radius 1 is 1.50 bits per heavy atom. The predicted octanol–water partition coefficient (Wildman–Crippen LogP) is 2.82. The van der Waals surface area contributed by atoms with Crippen molar-refractivity contribution in [1.82, 2.24) is 10.2 Å². The van der Waals surface area contributed by atoms with Crippen LogP contribution in [0, 0.1) is 11.7 Å². The van der Waals surface area contributed by atoms with Crippen molar-refractivity contribution < 1.29 is 4.39 Å². The number of rotatable bonds is 5. The van der Waals surface area contributed by atoms with Crippen molar-refractivity contribution in [3.05, 3.63) is 35.6 Å². The molecule has 100 valence electrons. The highest BCUT2D eigenvalue weighted by Gasteiger charge is 2.19. The second-order valence-electron chi connectivity index (χ2n) is 5.38. The maximum absolute atomic E-state index is 13.2. The van der Waals surface area contributed by atoms with Crippen LogP contribution in [0.3, 0.4) is 0 Å². The maximum Gasteiger partial charge on any atom is 0.123 e. The Bertz CT molecular complexity index is 381. The molecule has 0 aliphatic carbocycles. The van der Waals surface area contributed by atoms with E-state index in [1.165, 1.54) is 25.6 Å². The van der Waals surface area contributed by atoms with Gasteiger partial charge in [-0.2, -0.15) is 0 Å². The van der Waals surface area contributed by atoms with Gasteiger partial charge >= 0.3 is 0 Å². The summed E-state index contributed by atoms with van der Waals surface area (Å²) in [5.41, 5.74) is 1.05. The van der Waals surface area contributed by atoms with Crippen molar-refractivity contribution in [2.24, 2.45) is 5.92 Å². The third kappa shape index (κ3) is 3.53. The molecule has 0 spiro atoms. The van der Waals surface area contributed by atoms with Gasteiger partial charge in [-0.1, -0.05) is 19.1 Å². The maximum atomic E-state index is 13.2. The largest absolute Gasteiger partial charge is 0.313 e. The van der Waals surface area contributed by atoms with Crippen LogP contribution in [0.1, 0.15) is 31.4 Å². The Kier molecular flexibility index (Phi) is 4.72. The highest BCUT2D eigenvalue weighted by Crippen LogP contribution is 2.20. The number of nitrogens with one attached hydrogen (secondary N) is 1. The Morgan fingerprint density at radius 2 is 2.33 bits per heavy atom. The zero-order valence-corrected chi connectivity index (χ0v) is 11.3. The first-order valence-corrected chi connectivity index (χ1v) is 6.84. The van der Waals surface area contributed by atoms with Crippen LogP contribution in [0.5, 0.6) is 0 Å². The van der Waals surface area contributed by atoms with Crippen LogP contribution in [-0.4, -0.2) is 31.6 Å². The lowest BCUT2D eigenvalue weighted by molar-refractivity contribution is 0.305. The molecule has 0 radical (unpaired) electrons. The summed E-state index contributed by atoms with van der Waals surface area (Å²) in [4.78, 5) is 2.51. The molecule has 2 unspecified atom stereocenters. The minimum absolute atomic E-state index is 0.150. The molecule has 0 saturated carbocycles. The summed E-state index contributed by atoms with van der Waals surface area (Å²) in [6.07, 6.45) is 2.34. The van der Waals surface area contributed by atoms with Gasteiger partial charge in [0.05, 0.1) is 0 Å². The van der Waals surface area contributed by atoms with Crippen LogP contribution in [0.15, 0.2) is 24.3 Å². The highest BCUT2D eigenvalue weighted by molar-refractivity contribution is 5.20. The average Bonchev–Trinajstić information content (AvgIpc) is 2.76. The Morgan fingerprint density at radius 3 is 2.94 bits per heavy atom. The third-order valence-corrected chi connectivity index (χ3v) is 3.84. The van der Waals surface area contributed by atoms with E-state index < -0.39 is 0 Å². The fraction of sp³-hybridized carbons (Fsp3) is 0.600. The quantitative estimate of drug-likeness (QED) is 0.864. The van der Waals surface area contributed by atoms with Crippen LogP contribution in [0.2, 0.25) is 0 Å². The molecule has 18 heavy (non-hydrogen) atoms. The van der Waals surface area contributed by atoms with Gasteiger partial charge in [0.1, 0.15) is 5.82 Å². The average molecular weight is 250 g/mol. The lowest BCUT2D eigenvalue weighted by Crippen LogP contribution is -2.26. The molecule has 1 aliphatic heterocycles. The van der Waals surface area contributed by atoms with E-state index in [4.69, 9.17) is 0 Å². The summed E-state index contributed by atoms with van der Waals surface area (Å²) in [5, 5.41) is 3.29. The number of nitrogens with zero attached hydrogens (tertiary/aromatic N) is 1. The molecule has 1 heterocycles. The van der Waals surface area contributed by atoms with E-state index in [9.17, 15) is 4.39 Å². The Balaban J connectivity index is 1.89. The first-order valence-electron chi connectivity index (χ1n) is 6.84. The van der Waals surface area contributed by atoms with Crippen molar-refractivity contribution in [1.29, 1.82) is 0 Å². The molecule has 1 aliphatic rings. The SMILES string of the molecule is CNC(CCN1CCC(C)C1)c1cccc(F)c1. The molecule has 0 amide bonds. The molecule has 1 saturated heterocycles. The molecular formula is C15H23FN2. The second-order valence-corrected chi connectivity index (χ2v) is 5.38. The monoisotopic (exact) mass is 250 g/mol. The predicted molar refractivity (Wildman–Crippen MR) is 73.0 cm³/mol. The molecule has 1 aromatic rings. The molecule has 1 N–H and O–H groups in total. The Hall–Kier alpha value is -0.930. The molecule has 3 heteroatoms. The molecule has 2 atom stereocenters. The van der Waals surface area contributed by atoms with Crippen molar-refractivity contribution in [2.45, 2.75) is 25.8 Å². The summed E-state index contributed by atoms with van der Waals surface area (Å²) in [5.74, 6) is 0.676. The number of benzene rings is 1. The topological polar surface area (TPSA) is 15.3 Å². The van der Waals surface area contributed by atoms with Crippen LogP contribution in [0.25, 0.3) is 0 Å². The van der Waals surface area contributed by atoms with Gasteiger partial charge in [0, 0.05) is 12.6 Å². The standard InChI is InChI=1S/C15H23FN2/c1-12-6-8-18(11-12)9-7-15(17-2)13-4-3-5-14(16)10-13/h3-5,10,12,15,17H,6-9,11H2,1-2H3. The van der Waals surface area contributed by atoms with Gasteiger partial charge in [0.15, 0.2) is 0 Å². The zero-order chi connectivity index (χ0) is 13.0. The number of halogens is 1. The molecule has 2 nitrogen and oxygen atoms in total. The molecule has 1 fully saturated rings. The van der Waals surface area contributed by atoms with Crippen LogP contribution in [0.4, 0.5) is 4.39 Å². The lowest BCUT2D eigenvalue weighted by Gasteiger charge is -2.21. The van der Waals surface area contributed by atoms with E-state index in [1.54, 1.807) is 12.1 Å². The minimum atomic E-state index is -0.150. The van der Waals surface area contributed by atoms with E-state index in [2.05, 4.69) is 17.1 Å². The van der Waals surface area contributed by atoms with Gasteiger partial charge in [0.25, 0.3) is 0 Å². The van der Waals surface area contributed by atoms with Crippen LogP contribution < -0.4 is 5.32 Å². The van der Waals surface area contributed by atoms with Crippen LogP contribution in [-0.2, 0) is 0 Å². The zero-order valence-electron chi connectivity index (χ0n) is 11.3. The van der Waals surface area contributed by atoms with Crippen molar-refractivity contribution in [3.63, 3.8) is 0 Å². The molecular weight excluding hydrogens is 227 g/mol. The van der Waals surface area contributed by atoms with Gasteiger partial charge in [-0.3, -0.25) is 0 Å². The first-order chi connectivity index (χ1) is 8.69. The van der Waals surface area contributed by atoms with Crippen molar-refractivity contribution in [2.75, 3.05) is 26.7 Å². The molecule has 0 aromatic heterocycles. The first kappa shape index (κ1) is 13.5. The minimum Gasteiger partial charge on any atom is -0.313 e. The van der Waals surface area contributed by atoms with E-state index in [-0.39, 0.29) is 11.9 Å². The second kappa shape index (κ2) is 6.30. The number of hydrogen-bond donors (Lipinski definition) is 1. The van der Waals surface area contributed by atoms with Crippen molar-refractivity contribution >= 4 is 0 Å². The number of hydrogen-bond acceptors (Lipinski definition) is 2. The van der Waals surface area contributed by atoms with E-state index in [0.717, 1.165) is 24.4 Å². The summed E-state index contributed by atoms with van der Waals surface area (Å²) >= 11 is 0. The van der Waals surface area contributed by atoms with E-state index in [1.807, 2.05) is 13.1 Å². The summed E-state index contributed by atoms with van der Waals surface area (Å²) < 4.78 is 13.2. The summed E-state index contributed by atoms with van der Waals surface area (Å²) in [6.45, 7) is 5.81. The smallest absolute Gasteiger partial charge is 0.123 e. The van der Waals surface area contributed by atoms with Gasteiger partial charge in [-0.15, -0.1) is 0 Å². The third-order valence-electron chi connectivity index (χ3n) is 3.84. The normalized spacial score (nSPS) is 22.3. The summed E-state index contributed by atoms with van der Waals surface area (Å²) in [6, 6.07) is 7.16. The molecule has 1 aromatic carbocycles. The van der Waals surface area contributed by atoms with Gasteiger partial charge < -0.3 is 10.2 Å².